The van der Waals surface area contributed by atoms with Crippen LogP contribution in [0.15, 0.2) is 41.1 Å². The maximum absolute atomic E-state index is 5.42. The van der Waals surface area contributed by atoms with E-state index in [0.717, 1.165) is 26.8 Å². The van der Waals surface area contributed by atoms with Gasteiger partial charge >= 0.3 is 0 Å². The highest BCUT2D eigenvalue weighted by Gasteiger charge is 2.07. The zero-order valence-electron chi connectivity index (χ0n) is 10.4. The molecular formula is C14H12BrN3S. The Balaban J connectivity index is 2.15. The summed E-state index contributed by atoms with van der Waals surface area (Å²) in [5.74, 6) is 0. The fourth-order valence-corrected chi connectivity index (χ4v) is 2.75. The Morgan fingerprint density at radius 3 is 3.00 bits per heavy atom. The Labute approximate surface area is 124 Å². The molecule has 1 N–H and O–H groups in total. The molecule has 3 rings (SSSR count). The van der Waals surface area contributed by atoms with Crippen LogP contribution in [0.2, 0.25) is 0 Å². The van der Waals surface area contributed by atoms with Gasteiger partial charge in [0.15, 0.2) is 4.77 Å². The lowest BCUT2D eigenvalue weighted by Gasteiger charge is -2.07. The number of hydrogen-bond donors (Lipinski definition) is 1. The van der Waals surface area contributed by atoms with Crippen molar-refractivity contribution in [2.24, 2.45) is 0 Å². The first-order valence-electron chi connectivity index (χ1n) is 5.93. The molecule has 96 valence electrons. The van der Waals surface area contributed by atoms with Crippen molar-refractivity contribution in [3.63, 3.8) is 0 Å². The summed E-state index contributed by atoms with van der Waals surface area (Å²) in [7, 11) is 0. The van der Waals surface area contributed by atoms with Crippen molar-refractivity contribution in [3.8, 4) is 0 Å². The third-order valence-electron chi connectivity index (χ3n) is 3.20. The number of imidazole rings is 1. The Morgan fingerprint density at radius 1 is 1.37 bits per heavy atom. The maximum atomic E-state index is 5.42. The standard InChI is InChI=1S/C14H12BrN3S/c1-9-7-16-5-4-10(9)8-18-13-6-11(15)2-3-12(13)17-14(18)19/h2-7H,8H2,1H3,(H,17,19). The highest BCUT2D eigenvalue weighted by Crippen LogP contribution is 2.21. The van der Waals surface area contributed by atoms with Gasteiger partial charge in [0.1, 0.15) is 0 Å². The summed E-state index contributed by atoms with van der Waals surface area (Å²) in [5, 5.41) is 0. The lowest BCUT2D eigenvalue weighted by atomic mass is 10.1. The summed E-state index contributed by atoms with van der Waals surface area (Å²) >= 11 is 8.92. The first kappa shape index (κ1) is 12.6. The average molecular weight is 334 g/mol. The van der Waals surface area contributed by atoms with E-state index in [1.165, 1.54) is 11.1 Å². The number of aromatic amines is 1. The molecular weight excluding hydrogens is 322 g/mol. The number of pyridine rings is 1. The van der Waals surface area contributed by atoms with Crippen LogP contribution in [0, 0.1) is 11.7 Å². The molecule has 0 fully saturated rings. The van der Waals surface area contributed by atoms with E-state index in [1.54, 1.807) is 0 Å². The fraction of sp³-hybridized carbons (Fsp3) is 0.143. The third kappa shape index (κ3) is 2.35. The van der Waals surface area contributed by atoms with Crippen molar-refractivity contribution in [1.29, 1.82) is 0 Å². The van der Waals surface area contributed by atoms with Crippen molar-refractivity contribution in [3.05, 3.63) is 57.0 Å². The molecule has 0 bridgehead atoms. The van der Waals surface area contributed by atoms with Gasteiger partial charge in [-0.05, 0) is 54.5 Å². The number of nitrogens with zero attached hydrogens (tertiary/aromatic N) is 2. The Bertz CT molecular complexity index is 804. The summed E-state index contributed by atoms with van der Waals surface area (Å²) in [6, 6.07) is 8.16. The molecule has 2 aromatic heterocycles. The first-order chi connectivity index (χ1) is 9.15. The Hall–Kier alpha value is -1.46. The van der Waals surface area contributed by atoms with Crippen LogP contribution in [0.4, 0.5) is 0 Å². The minimum absolute atomic E-state index is 0.740. The number of benzene rings is 1. The van der Waals surface area contributed by atoms with Crippen molar-refractivity contribution >= 4 is 39.2 Å². The summed E-state index contributed by atoms with van der Waals surface area (Å²) < 4.78 is 3.90. The van der Waals surface area contributed by atoms with E-state index < -0.39 is 0 Å². The van der Waals surface area contributed by atoms with Gasteiger partial charge in [-0.1, -0.05) is 15.9 Å². The highest BCUT2D eigenvalue weighted by molar-refractivity contribution is 9.10. The van der Waals surface area contributed by atoms with Crippen LogP contribution in [0.5, 0.6) is 0 Å². The van der Waals surface area contributed by atoms with Gasteiger partial charge in [0.2, 0.25) is 0 Å². The minimum Gasteiger partial charge on any atom is -0.331 e. The van der Waals surface area contributed by atoms with Crippen LogP contribution in [-0.4, -0.2) is 14.5 Å². The number of H-pyrrole nitrogens is 1. The molecule has 5 heteroatoms. The molecule has 2 heterocycles. The molecule has 1 aromatic carbocycles. The molecule has 3 aromatic rings. The van der Waals surface area contributed by atoms with Gasteiger partial charge in [0, 0.05) is 16.9 Å². The summed E-state index contributed by atoms with van der Waals surface area (Å²) in [6.45, 7) is 2.82. The second-order valence-corrected chi connectivity index (χ2v) is 5.78. The van der Waals surface area contributed by atoms with Crippen LogP contribution in [0.25, 0.3) is 11.0 Å². The molecule has 19 heavy (non-hydrogen) atoms. The third-order valence-corrected chi connectivity index (χ3v) is 4.02. The van der Waals surface area contributed by atoms with Crippen LogP contribution in [0.1, 0.15) is 11.1 Å². The van der Waals surface area contributed by atoms with E-state index >= 15 is 0 Å². The van der Waals surface area contributed by atoms with E-state index in [4.69, 9.17) is 12.2 Å². The molecule has 0 spiro atoms. The number of aromatic nitrogens is 3. The second kappa shape index (κ2) is 4.90. The predicted molar refractivity (Wildman–Crippen MR) is 82.9 cm³/mol. The van der Waals surface area contributed by atoms with E-state index in [1.807, 2.05) is 30.6 Å². The average Bonchev–Trinajstić information content (AvgIpc) is 2.69. The molecule has 3 nitrogen and oxygen atoms in total. The maximum Gasteiger partial charge on any atom is 0.178 e. The molecule has 0 saturated heterocycles. The minimum atomic E-state index is 0.740. The largest absolute Gasteiger partial charge is 0.331 e. The second-order valence-electron chi connectivity index (χ2n) is 4.48. The molecule has 0 aliphatic heterocycles. The monoisotopic (exact) mass is 333 g/mol. The van der Waals surface area contributed by atoms with Crippen LogP contribution in [-0.2, 0) is 6.54 Å². The van der Waals surface area contributed by atoms with Crippen molar-refractivity contribution in [1.82, 2.24) is 14.5 Å². The number of rotatable bonds is 2. The van der Waals surface area contributed by atoms with Gasteiger partial charge in [-0.15, -0.1) is 0 Å². The lowest BCUT2D eigenvalue weighted by Crippen LogP contribution is -2.01. The van der Waals surface area contributed by atoms with Gasteiger partial charge in [0.05, 0.1) is 17.6 Å². The van der Waals surface area contributed by atoms with Gasteiger partial charge < -0.3 is 9.55 Å². The molecule has 0 aliphatic rings. The van der Waals surface area contributed by atoms with Crippen LogP contribution >= 0.6 is 28.1 Å². The van der Waals surface area contributed by atoms with E-state index in [-0.39, 0.29) is 0 Å². The molecule has 0 aliphatic carbocycles. The lowest BCUT2D eigenvalue weighted by molar-refractivity contribution is 0.802. The van der Waals surface area contributed by atoms with Crippen LogP contribution in [0.3, 0.4) is 0 Å². The smallest absolute Gasteiger partial charge is 0.178 e. The highest BCUT2D eigenvalue weighted by atomic mass is 79.9. The summed E-state index contributed by atoms with van der Waals surface area (Å²) in [6.07, 6.45) is 3.69. The van der Waals surface area contributed by atoms with Crippen molar-refractivity contribution < 1.29 is 0 Å². The quantitative estimate of drug-likeness (QED) is 0.712. The Morgan fingerprint density at radius 2 is 2.21 bits per heavy atom. The van der Waals surface area contributed by atoms with E-state index in [0.29, 0.717) is 0 Å². The van der Waals surface area contributed by atoms with Gasteiger partial charge in [-0.3, -0.25) is 4.98 Å². The molecule has 0 atom stereocenters. The van der Waals surface area contributed by atoms with Crippen molar-refractivity contribution in [2.45, 2.75) is 13.5 Å². The summed E-state index contributed by atoms with van der Waals surface area (Å²) in [4.78, 5) is 7.36. The van der Waals surface area contributed by atoms with E-state index in [2.05, 4.69) is 43.5 Å². The topological polar surface area (TPSA) is 33.6 Å². The van der Waals surface area contributed by atoms with E-state index in [9.17, 15) is 0 Å². The summed E-state index contributed by atoms with van der Waals surface area (Å²) in [5.41, 5.74) is 4.57. The number of fused-ring (bicyclic) bond motifs is 1. The van der Waals surface area contributed by atoms with Gasteiger partial charge in [0.25, 0.3) is 0 Å². The van der Waals surface area contributed by atoms with Gasteiger partial charge in [-0.2, -0.15) is 0 Å². The zero-order valence-corrected chi connectivity index (χ0v) is 12.8. The number of nitrogens with one attached hydrogen (secondary N) is 1. The normalized spacial score (nSPS) is 11.1. The molecule has 0 amide bonds. The first-order valence-corrected chi connectivity index (χ1v) is 7.13. The SMILES string of the molecule is Cc1cnccc1Cn1c(=S)[nH]c2ccc(Br)cc21. The number of aryl methyl sites for hydroxylation is 1. The van der Waals surface area contributed by atoms with Crippen LogP contribution < -0.4 is 0 Å². The molecule has 0 unspecified atom stereocenters. The number of halogens is 1. The van der Waals surface area contributed by atoms with Crippen molar-refractivity contribution in [2.75, 3.05) is 0 Å². The zero-order chi connectivity index (χ0) is 13.4. The van der Waals surface area contributed by atoms with Gasteiger partial charge in [-0.25, -0.2) is 0 Å². The predicted octanol–water partition coefficient (Wildman–Crippen LogP) is 4.21. The Kier molecular flexibility index (Phi) is 3.24. The fourth-order valence-electron chi connectivity index (χ4n) is 2.13. The number of hydrogen-bond acceptors (Lipinski definition) is 2. The molecule has 0 radical (unpaired) electrons. The molecule has 0 saturated carbocycles.